The number of hydrogen-bond acceptors (Lipinski definition) is 3. The Morgan fingerprint density at radius 1 is 1.38 bits per heavy atom. The summed E-state index contributed by atoms with van der Waals surface area (Å²) in [5.41, 5.74) is 0.729. The number of benzene rings is 1. The molecule has 0 amide bonds. The van der Waals surface area contributed by atoms with Crippen LogP contribution in [0.1, 0.15) is 19.4 Å². The molecule has 1 rings (SSSR count). The van der Waals surface area contributed by atoms with Crippen molar-refractivity contribution in [2.75, 3.05) is 0 Å². The molecular weight excluding hydrogens is 294 g/mol. The number of hydrogen-bond donors (Lipinski definition) is 1. The van der Waals surface area contributed by atoms with E-state index in [9.17, 15) is 8.42 Å². The molecule has 6 heteroatoms. The Bertz CT molecular complexity index is 497. The highest BCUT2D eigenvalue weighted by Gasteiger charge is 2.19. The lowest BCUT2D eigenvalue weighted by atomic mass is 10.2. The number of nitrogens with two attached hydrogens (primary N) is 1. The Kier molecular flexibility index (Phi) is 3.98. The number of primary sulfonamides is 1. The Morgan fingerprint density at radius 2 is 1.94 bits per heavy atom. The van der Waals surface area contributed by atoms with Crippen molar-refractivity contribution in [2.24, 2.45) is 5.14 Å². The van der Waals surface area contributed by atoms with E-state index in [4.69, 9.17) is 9.88 Å². The maximum absolute atomic E-state index is 11.4. The summed E-state index contributed by atoms with van der Waals surface area (Å²) in [6.45, 7) is 5.43. The topological polar surface area (TPSA) is 69.4 Å². The van der Waals surface area contributed by atoms with Gasteiger partial charge in [-0.25, -0.2) is 13.6 Å². The van der Waals surface area contributed by atoms with Crippen LogP contribution in [-0.4, -0.2) is 14.5 Å². The SMILES string of the molecule is Cc1cc(Br)cc(S(N)(=O)=O)c1OC(C)C. The lowest BCUT2D eigenvalue weighted by Crippen LogP contribution is -2.16. The van der Waals surface area contributed by atoms with E-state index >= 15 is 0 Å². The summed E-state index contributed by atoms with van der Waals surface area (Å²) >= 11 is 3.23. The molecule has 0 aliphatic heterocycles. The van der Waals surface area contributed by atoms with E-state index in [1.807, 2.05) is 13.8 Å². The van der Waals surface area contributed by atoms with Gasteiger partial charge < -0.3 is 4.74 Å². The predicted octanol–water partition coefficient (Wildman–Crippen LogP) is 2.19. The summed E-state index contributed by atoms with van der Waals surface area (Å²) in [4.78, 5) is 0.00748. The first kappa shape index (κ1) is 13.5. The van der Waals surface area contributed by atoms with Crippen LogP contribution in [0.15, 0.2) is 21.5 Å². The van der Waals surface area contributed by atoms with E-state index < -0.39 is 10.0 Å². The average Bonchev–Trinajstić information content (AvgIpc) is 2.06. The maximum Gasteiger partial charge on any atom is 0.241 e. The smallest absolute Gasteiger partial charge is 0.241 e. The molecule has 0 fully saturated rings. The number of aryl methyl sites for hydroxylation is 1. The van der Waals surface area contributed by atoms with E-state index in [0.717, 1.165) is 5.56 Å². The fourth-order valence-electron chi connectivity index (χ4n) is 1.30. The van der Waals surface area contributed by atoms with Crippen LogP contribution in [0.2, 0.25) is 0 Å². The van der Waals surface area contributed by atoms with Gasteiger partial charge in [-0.1, -0.05) is 15.9 Å². The molecule has 0 saturated heterocycles. The van der Waals surface area contributed by atoms with Crippen LogP contribution in [0.5, 0.6) is 5.75 Å². The van der Waals surface area contributed by atoms with Crippen molar-refractivity contribution in [3.63, 3.8) is 0 Å². The van der Waals surface area contributed by atoms with Gasteiger partial charge in [-0.2, -0.15) is 0 Å². The van der Waals surface area contributed by atoms with Crippen LogP contribution < -0.4 is 9.88 Å². The lowest BCUT2D eigenvalue weighted by molar-refractivity contribution is 0.234. The van der Waals surface area contributed by atoms with Crippen molar-refractivity contribution in [1.29, 1.82) is 0 Å². The normalized spacial score (nSPS) is 11.9. The molecule has 0 saturated carbocycles. The second-order valence-corrected chi connectivity index (χ2v) is 6.21. The Labute approximate surface area is 104 Å². The van der Waals surface area contributed by atoms with Crippen LogP contribution >= 0.6 is 15.9 Å². The molecule has 0 aromatic heterocycles. The summed E-state index contributed by atoms with van der Waals surface area (Å²) in [6.07, 6.45) is -0.111. The molecule has 0 spiro atoms. The minimum atomic E-state index is -3.78. The third kappa shape index (κ3) is 3.20. The molecule has 0 heterocycles. The van der Waals surface area contributed by atoms with Crippen LogP contribution in [0.3, 0.4) is 0 Å². The summed E-state index contributed by atoms with van der Waals surface area (Å²) < 4.78 is 29.0. The van der Waals surface area contributed by atoms with Crippen LogP contribution in [-0.2, 0) is 10.0 Å². The number of halogens is 1. The lowest BCUT2D eigenvalue weighted by Gasteiger charge is -2.16. The minimum absolute atomic E-state index is 0.00748. The van der Waals surface area contributed by atoms with Gasteiger partial charge in [-0.3, -0.25) is 0 Å². The van der Waals surface area contributed by atoms with E-state index in [2.05, 4.69) is 15.9 Å². The van der Waals surface area contributed by atoms with Gasteiger partial charge in [-0.05, 0) is 38.5 Å². The number of rotatable bonds is 3. The van der Waals surface area contributed by atoms with Gasteiger partial charge in [0.25, 0.3) is 0 Å². The van der Waals surface area contributed by atoms with Gasteiger partial charge in [-0.15, -0.1) is 0 Å². The summed E-state index contributed by atoms with van der Waals surface area (Å²) in [6, 6.07) is 3.23. The quantitative estimate of drug-likeness (QED) is 0.930. The third-order valence-corrected chi connectivity index (χ3v) is 3.24. The van der Waals surface area contributed by atoms with E-state index in [-0.39, 0.29) is 11.0 Å². The molecule has 16 heavy (non-hydrogen) atoms. The number of ether oxygens (including phenoxy) is 1. The first-order chi connectivity index (χ1) is 7.21. The molecule has 1 aromatic rings. The second kappa shape index (κ2) is 4.73. The minimum Gasteiger partial charge on any atom is -0.489 e. The number of sulfonamides is 1. The van der Waals surface area contributed by atoms with Gasteiger partial charge in [0.1, 0.15) is 10.6 Å². The Morgan fingerprint density at radius 3 is 2.38 bits per heavy atom. The standard InChI is InChI=1S/C10H14BrNO3S/c1-6(2)15-10-7(3)4-8(11)5-9(10)16(12,13)14/h4-6H,1-3H3,(H2,12,13,14). The fraction of sp³-hybridized carbons (Fsp3) is 0.400. The zero-order chi connectivity index (χ0) is 12.5. The highest BCUT2D eigenvalue weighted by atomic mass is 79.9. The first-order valence-corrected chi connectivity index (χ1v) is 7.05. The molecular formula is C10H14BrNO3S. The van der Waals surface area contributed by atoms with Crippen molar-refractivity contribution in [3.8, 4) is 5.75 Å². The molecule has 0 aliphatic carbocycles. The molecule has 0 atom stereocenters. The van der Waals surface area contributed by atoms with Crippen LogP contribution in [0.4, 0.5) is 0 Å². The van der Waals surface area contributed by atoms with Gasteiger partial charge >= 0.3 is 0 Å². The van der Waals surface area contributed by atoms with Gasteiger partial charge in [0, 0.05) is 4.47 Å². The zero-order valence-electron chi connectivity index (χ0n) is 9.32. The van der Waals surface area contributed by atoms with Crippen molar-refractivity contribution >= 4 is 26.0 Å². The van der Waals surface area contributed by atoms with Crippen molar-refractivity contribution in [2.45, 2.75) is 31.8 Å². The van der Waals surface area contributed by atoms with Crippen molar-refractivity contribution in [3.05, 3.63) is 22.2 Å². The van der Waals surface area contributed by atoms with Crippen molar-refractivity contribution in [1.82, 2.24) is 0 Å². The molecule has 2 N–H and O–H groups in total. The molecule has 90 valence electrons. The van der Waals surface area contributed by atoms with E-state index in [1.165, 1.54) is 6.07 Å². The van der Waals surface area contributed by atoms with Crippen molar-refractivity contribution < 1.29 is 13.2 Å². The average molecular weight is 308 g/mol. The van der Waals surface area contributed by atoms with Gasteiger partial charge in [0.2, 0.25) is 10.0 Å². The molecule has 0 bridgehead atoms. The highest BCUT2D eigenvalue weighted by molar-refractivity contribution is 9.10. The summed E-state index contributed by atoms with van der Waals surface area (Å²) in [7, 11) is -3.78. The molecule has 0 radical (unpaired) electrons. The first-order valence-electron chi connectivity index (χ1n) is 4.71. The van der Waals surface area contributed by atoms with Gasteiger partial charge in [0.15, 0.2) is 0 Å². The molecule has 0 aliphatic rings. The van der Waals surface area contributed by atoms with E-state index in [0.29, 0.717) is 10.2 Å². The van der Waals surface area contributed by atoms with Gasteiger partial charge in [0.05, 0.1) is 6.10 Å². The Hall–Kier alpha value is -0.590. The summed E-state index contributed by atoms with van der Waals surface area (Å²) in [5, 5.41) is 5.14. The second-order valence-electron chi connectivity index (χ2n) is 3.76. The van der Waals surface area contributed by atoms with Crippen LogP contribution in [0.25, 0.3) is 0 Å². The largest absolute Gasteiger partial charge is 0.489 e. The summed E-state index contributed by atoms with van der Waals surface area (Å²) in [5.74, 6) is 0.320. The van der Waals surface area contributed by atoms with E-state index in [1.54, 1.807) is 13.0 Å². The molecule has 0 unspecified atom stereocenters. The fourth-order valence-corrected chi connectivity index (χ4v) is 2.78. The zero-order valence-corrected chi connectivity index (χ0v) is 11.7. The molecule has 1 aromatic carbocycles. The predicted molar refractivity (Wildman–Crippen MR) is 66.0 cm³/mol. The third-order valence-electron chi connectivity index (χ3n) is 1.87. The molecule has 4 nitrogen and oxygen atoms in total. The van der Waals surface area contributed by atoms with Crippen LogP contribution in [0, 0.1) is 6.92 Å². The Balaban J connectivity index is 3.45. The monoisotopic (exact) mass is 307 g/mol. The highest BCUT2D eigenvalue weighted by Crippen LogP contribution is 2.31. The maximum atomic E-state index is 11.4.